The lowest BCUT2D eigenvalue weighted by molar-refractivity contribution is -0.125. The molecule has 1 heterocycles. The summed E-state index contributed by atoms with van der Waals surface area (Å²) in [6, 6.07) is 0. The molecule has 2 rings (SSSR count). The number of hydrogen-bond acceptors (Lipinski definition) is 4. The van der Waals surface area contributed by atoms with Gasteiger partial charge in [-0.05, 0) is 52.0 Å². The van der Waals surface area contributed by atoms with Crippen molar-refractivity contribution in [2.45, 2.75) is 59.0 Å². The molecule has 0 aromatic rings. The Morgan fingerprint density at radius 2 is 1.74 bits per heavy atom. The second kappa shape index (κ2) is 8.88. The molecule has 1 saturated heterocycles. The van der Waals surface area contributed by atoms with Crippen molar-refractivity contribution in [1.29, 1.82) is 0 Å². The number of carbonyl (C=O) groups is 3. The molecule has 1 aliphatic carbocycles. The summed E-state index contributed by atoms with van der Waals surface area (Å²) >= 11 is 0. The Balaban J connectivity index is 2.15. The minimum absolute atomic E-state index is 0.330. The number of hydrazine groups is 1. The molecule has 148 valence electrons. The number of amides is 3. The quantitative estimate of drug-likeness (QED) is 0.574. The molecule has 27 heavy (non-hydrogen) atoms. The highest BCUT2D eigenvalue weighted by molar-refractivity contribution is 6.00. The number of piperidine rings is 1. The number of nitrogens with one attached hydrogen (secondary N) is 2. The fraction of sp³-hybridized carbons (Fsp3) is 0.550. The van der Waals surface area contributed by atoms with Crippen LogP contribution >= 0.6 is 0 Å². The van der Waals surface area contributed by atoms with Crippen molar-refractivity contribution in [3.63, 3.8) is 0 Å². The van der Waals surface area contributed by atoms with E-state index in [0.717, 1.165) is 24.0 Å². The molecule has 1 aliphatic heterocycles. The van der Waals surface area contributed by atoms with Gasteiger partial charge in [0, 0.05) is 25.6 Å². The molecule has 0 bridgehead atoms. The van der Waals surface area contributed by atoms with E-state index < -0.39 is 5.60 Å². The highest BCUT2D eigenvalue weighted by Gasteiger charge is 2.28. The van der Waals surface area contributed by atoms with Gasteiger partial charge in [0.15, 0.2) is 0 Å². The van der Waals surface area contributed by atoms with Crippen molar-refractivity contribution < 1.29 is 19.1 Å². The van der Waals surface area contributed by atoms with Crippen molar-refractivity contribution >= 4 is 17.9 Å². The van der Waals surface area contributed by atoms with E-state index >= 15 is 0 Å². The van der Waals surface area contributed by atoms with Crippen LogP contribution in [0.15, 0.2) is 34.9 Å². The van der Waals surface area contributed by atoms with E-state index in [-0.39, 0.29) is 17.9 Å². The van der Waals surface area contributed by atoms with E-state index in [0.29, 0.717) is 31.5 Å². The molecule has 7 heteroatoms. The standard InChI is InChI=1S/C20H29N3O4/c1-14(24)21-22-18(25)17(15-8-6-5-7-9-15)16-10-12-23(13-11-16)19(26)27-20(2,3)4/h6,8-9H,5,7,10-13H2,1-4H3,(H,21,24)(H,22,25). The zero-order chi connectivity index (χ0) is 20.0. The molecule has 0 aromatic heterocycles. The average molecular weight is 375 g/mol. The van der Waals surface area contributed by atoms with E-state index in [9.17, 15) is 14.4 Å². The number of allylic oxidation sites excluding steroid dienone is 3. The van der Waals surface area contributed by atoms with Crippen LogP contribution in [0, 0.1) is 0 Å². The van der Waals surface area contributed by atoms with Gasteiger partial charge in [-0.15, -0.1) is 0 Å². The summed E-state index contributed by atoms with van der Waals surface area (Å²) in [6.45, 7) is 7.86. The number of ether oxygens (including phenoxy) is 1. The van der Waals surface area contributed by atoms with Crippen LogP contribution in [-0.4, -0.2) is 41.5 Å². The summed E-state index contributed by atoms with van der Waals surface area (Å²) in [5, 5.41) is 0. The second-order valence-corrected chi connectivity index (χ2v) is 7.72. The van der Waals surface area contributed by atoms with E-state index in [1.165, 1.54) is 6.92 Å². The van der Waals surface area contributed by atoms with Crippen LogP contribution in [0.2, 0.25) is 0 Å². The summed E-state index contributed by atoms with van der Waals surface area (Å²) in [5.41, 5.74) is 6.71. The Hall–Kier alpha value is -2.57. The first-order chi connectivity index (χ1) is 12.7. The Labute approximate surface area is 160 Å². The van der Waals surface area contributed by atoms with Crippen molar-refractivity contribution in [2.24, 2.45) is 0 Å². The van der Waals surface area contributed by atoms with Crippen LogP contribution < -0.4 is 10.9 Å². The molecule has 0 saturated carbocycles. The van der Waals surface area contributed by atoms with Crippen molar-refractivity contribution in [2.75, 3.05) is 13.1 Å². The van der Waals surface area contributed by atoms with Crippen LogP contribution in [0.4, 0.5) is 4.79 Å². The molecule has 0 spiro atoms. The Morgan fingerprint density at radius 1 is 1.07 bits per heavy atom. The lowest BCUT2D eigenvalue weighted by Crippen LogP contribution is -2.43. The number of hydrogen-bond donors (Lipinski definition) is 2. The lowest BCUT2D eigenvalue weighted by atomic mass is 9.90. The van der Waals surface area contributed by atoms with Gasteiger partial charge in [0.1, 0.15) is 5.60 Å². The third kappa shape index (κ3) is 6.27. The summed E-state index contributed by atoms with van der Waals surface area (Å²) in [5.74, 6) is -0.663. The molecule has 0 aromatic carbocycles. The van der Waals surface area contributed by atoms with Crippen LogP contribution in [-0.2, 0) is 14.3 Å². The first-order valence-electron chi connectivity index (χ1n) is 9.31. The van der Waals surface area contributed by atoms with Crippen molar-refractivity contribution in [3.8, 4) is 0 Å². The van der Waals surface area contributed by atoms with Gasteiger partial charge in [-0.25, -0.2) is 4.79 Å². The smallest absolute Gasteiger partial charge is 0.410 e. The molecule has 2 N–H and O–H groups in total. The lowest BCUT2D eigenvalue weighted by Gasteiger charge is -2.32. The molecule has 2 aliphatic rings. The predicted molar refractivity (Wildman–Crippen MR) is 102 cm³/mol. The Morgan fingerprint density at radius 3 is 2.26 bits per heavy atom. The van der Waals surface area contributed by atoms with Crippen LogP contribution in [0.1, 0.15) is 53.4 Å². The molecule has 0 atom stereocenters. The molecule has 1 fully saturated rings. The molecule has 7 nitrogen and oxygen atoms in total. The number of nitrogens with zero attached hydrogens (tertiary/aromatic N) is 1. The fourth-order valence-electron chi connectivity index (χ4n) is 3.04. The predicted octanol–water partition coefficient (Wildman–Crippen LogP) is 2.76. The summed E-state index contributed by atoms with van der Waals surface area (Å²) in [7, 11) is 0. The van der Waals surface area contributed by atoms with Crippen LogP contribution in [0.5, 0.6) is 0 Å². The van der Waals surface area contributed by atoms with Gasteiger partial charge in [-0.3, -0.25) is 20.4 Å². The van der Waals surface area contributed by atoms with Gasteiger partial charge in [0.25, 0.3) is 5.91 Å². The fourth-order valence-corrected chi connectivity index (χ4v) is 3.04. The van der Waals surface area contributed by atoms with Gasteiger partial charge < -0.3 is 9.64 Å². The van der Waals surface area contributed by atoms with Crippen LogP contribution in [0.3, 0.4) is 0 Å². The summed E-state index contributed by atoms with van der Waals surface area (Å²) in [6.07, 6.45) is 8.70. The van der Waals surface area contributed by atoms with E-state index in [2.05, 4.69) is 10.9 Å². The topological polar surface area (TPSA) is 87.7 Å². The third-order valence-electron chi connectivity index (χ3n) is 4.24. The molecule has 0 unspecified atom stereocenters. The maximum atomic E-state index is 12.7. The van der Waals surface area contributed by atoms with E-state index in [1.54, 1.807) is 4.90 Å². The van der Waals surface area contributed by atoms with Gasteiger partial charge in [0.05, 0.1) is 0 Å². The van der Waals surface area contributed by atoms with Gasteiger partial charge >= 0.3 is 6.09 Å². The maximum Gasteiger partial charge on any atom is 0.410 e. The summed E-state index contributed by atoms with van der Waals surface area (Å²) in [4.78, 5) is 37.7. The average Bonchev–Trinajstić information content (AvgIpc) is 2.60. The third-order valence-corrected chi connectivity index (χ3v) is 4.24. The van der Waals surface area contributed by atoms with Crippen molar-refractivity contribution in [1.82, 2.24) is 15.8 Å². The SMILES string of the molecule is CC(=O)NNC(=O)C(C1=CCCC=C1)=C1CCN(C(=O)OC(C)(C)C)CC1. The van der Waals surface area contributed by atoms with Gasteiger partial charge in [-0.2, -0.15) is 0 Å². The normalized spacial score (nSPS) is 17.1. The van der Waals surface area contributed by atoms with Gasteiger partial charge in [-0.1, -0.05) is 23.8 Å². The largest absolute Gasteiger partial charge is 0.444 e. The van der Waals surface area contributed by atoms with E-state index in [4.69, 9.17) is 4.74 Å². The van der Waals surface area contributed by atoms with Crippen molar-refractivity contribution in [3.05, 3.63) is 34.9 Å². The zero-order valence-corrected chi connectivity index (χ0v) is 16.6. The minimum atomic E-state index is -0.533. The van der Waals surface area contributed by atoms with Crippen LogP contribution in [0.25, 0.3) is 0 Å². The number of carbonyl (C=O) groups excluding carboxylic acids is 3. The highest BCUT2D eigenvalue weighted by Crippen LogP contribution is 2.28. The van der Waals surface area contributed by atoms with Gasteiger partial charge in [0.2, 0.25) is 5.91 Å². The molecule has 3 amide bonds. The summed E-state index contributed by atoms with van der Waals surface area (Å²) < 4.78 is 5.42. The minimum Gasteiger partial charge on any atom is -0.444 e. The number of likely N-dealkylation sites (tertiary alicyclic amines) is 1. The maximum absolute atomic E-state index is 12.7. The Bertz CT molecular complexity index is 689. The first kappa shape index (κ1) is 20.7. The van der Waals surface area contributed by atoms with E-state index in [1.807, 2.05) is 39.0 Å². The molecule has 0 radical (unpaired) electrons. The number of rotatable bonds is 2. The zero-order valence-electron chi connectivity index (χ0n) is 16.6. The highest BCUT2D eigenvalue weighted by atomic mass is 16.6. The molecular weight excluding hydrogens is 346 g/mol. The second-order valence-electron chi connectivity index (χ2n) is 7.72. The first-order valence-corrected chi connectivity index (χ1v) is 9.31. The molecular formula is C20H29N3O4. The monoisotopic (exact) mass is 375 g/mol. The Kier molecular flexibility index (Phi) is 6.82.